The van der Waals surface area contributed by atoms with Gasteiger partial charge in [-0.2, -0.15) is 4.31 Å². The number of aryl methyl sites for hydroxylation is 2. The first kappa shape index (κ1) is 22.0. The average Bonchev–Trinajstić information content (AvgIpc) is 2.73. The fraction of sp³-hybridized carbons (Fsp3) is 0.273. The highest BCUT2D eigenvalue weighted by Gasteiger charge is 2.33. The number of hydrogen-bond donors (Lipinski definition) is 0. The number of rotatable bonds is 3. The largest absolute Gasteiger partial charge is 0.336 e. The Labute approximate surface area is 191 Å². The van der Waals surface area contributed by atoms with Gasteiger partial charge in [0.05, 0.1) is 21.1 Å². The second-order valence-electron chi connectivity index (χ2n) is 7.58. The fourth-order valence-electron chi connectivity index (χ4n) is 3.81. The Kier molecular flexibility index (Phi) is 5.96. The Balaban J connectivity index is 1.58. The van der Waals surface area contributed by atoms with Crippen molar-refractivity contribution in [3.63, 3.8) is 0 Å². The van der Waals surface area contributed by atoms with E-state index in [1.54, 1.807) is 17.0 Å². The molecule has 162 valence electrons. The molecule has 0 atom stereocenters. The second kappa shape index (κ2) is 8.39. The lowest BCUT2D eigenvalue weighted by molar-refractivity contribution is 0.0699. The molecule has 1 aromatic heterocycles. The van der Waals surface area contributed by atoms with Crippen LogP contribution in [0.3, 0.4) is 0 Å². The quantitative estimate of drug-likeness (QED) is 0.563. The summed E-state index contributed by atoms with van der Waals surface area (Å²) in [5.74, 6) is -0.131. The van der Waals surface area contributed by atoms with Crippen LogP contribution in [0.25, 0.3) is 10.9 Å². The Hall–Kier alpha value is -2.19. The molecule has 0 unspecified atom stereocenters. The van der Waals surface area contributed by atoms with Gasteiger partial charge in [0.15, 0.2) is 0 Å². The van der Waals surface area contributed by atoms with Gasteiger partial charge in [-0.05, 0) is 44.2 Å². The lowest BCUT2D eigenvalue weighted by Crippen LogP contribution is -2.50. The van der Waals surface area contributed by atoms with Gasteiger partial charge in [0.2, 0.25) is 10.0 Å². The minimum atomic E-state index is -3.86. The van der Waals surface area contributed by atoms with Gasteiger partial charge in [0.25, 0.3) is 5.91 Å². The van der Waals surface area contributed by atoms with Crippen LogP contribution >= 0.6 is 23.2 Å². The van der Waals surface area contributed by atoms with Crippen LogP contribution in [0, 0.1) is 13.8 Å². The van der Waals surface area contributed by atoms with E-state index in [2.05, 4.69) is 4.98 Å². The smallest absolute Gasteiger partial charge is 0.254 e. The molecule has 3 aromatic rings. The van der Waals surface area contributed by atoms with Gasteiger partial charge < -0.3 is 4.90 Å². The molecule has 0 bridgehead atoms. The monoisotopic (exact) mass is 477 g/mol. The number of benzene rings is 2. The molecule has 6 nitrogen and oxygen atoms in total. The summed E-state index contributed by atoms with van der Waals surface area (Å²) in [6.45, 7) is 4.70. The molecule has 1 aliphatic rings. The van der Waals surface area contributed by atoms with E-state index in [1.165, 1.54) is 16.4 Å². The molecule has 0 radical (unpaired) electrons. The summed E-state index contributed by atoms with van der Waals surface area (Å²) < 4.78 is 27.5. The molecule has 1 aliphatic heterocycles. The number of amides is 1. The van der Waals surface area contributed by atoms with Gasteiger partial charge in [0, 0.05) is 37.3 Å². The molecular weight excluding hydrogens is 457 g/mol. The first-order valence-electron chi connectivity index (χ1n) is 9.80. The number of carbonyl (C=O) groups is 1. The van der Waals surface area contributed by atoms with E-state index < -0.39 is 10.0 Å². The molecule has 0 N–H and O–H groups in total. The Morgan fingerprint density at radius 2 is 1.61 bits per heavy atom. The van der Waals surface area contributed by atoms with Crippen LogP contribution < -0.4 is 0 Å². The minimum Gasteiger partial charge on any atom is -0.336 e. The van der Waals surface area contributed by atoms with E-state index in [0.29, 0.717) is 5.56 Å². The summed E-state index contributed by atoms with van der Waals surface area (Å²) in [6.07, 6.45) is 0. The predicted octanol–water partition coefficient (Wildman–Crippen LogP) is 4.31. The number of pyridine rings is 1. The van der Waals surface area contributed by atoms with E-state index in [4.69, 9.17) is 23.2 Å². The average molecular weight is 478 g/mol. The van der Waals surface area contributed by atoms with Gasteiger partial charge in [-0.3, -0.25) is 9.78 Å². The van der Waals surface area contributed by atoms with Crippen molar-refractivity contribution in [1.82, 2.24) is 14.2 Å². The summed E-state index contributed by atoms with van der Waals surface area (Å²) in [5.41, 5.74) is 3.15. The van der Waals surface area contributed by atoms with Gasteiger partial charge >= 0.3 is 0 Å². The maximum absolute atomic E-state index is 13.3. The molecule has 1 saturated heterocycles. The molecule has 9 heteroatoms. The normalized spacial score (nSPS) is 15.4. The fourth-order valence-corrected chi connectivity index (χ4v) is 6.32. The molecule has 1 amide bonds. The molecule has 0 saturated carbocycles. The van der Waals surface area contributed by atoms with E-state index in [0.717, 1.165) is 22.2 Å². The lowest BCUT2D eigenvalue weighted by atomic mass is 10.0. The second-order valence-corrected chi connectivity index (χ2v) is 10.3. The van der Waals surface area contributed by atoms with Crippen molar-refractivity contribution < 1.29 is 13.2 Å². The van der Waals surface area contributed by atoms with Crippen LogP contribution in [0.4, 0.5) is 0 Å². The topological polar surface area (TPSA) is 70.6 Å². The number of piperazine rings is 1. The van der Waals surface area contributed by atoms with E-state index in [1.807, 2.05) is 32.0 Å². The van der Waals surface area contributed by atoms with Gasteiger partial charge in [-0.25, -0.2) is 8.42 Å². The van der Waals surface area contributed by atoms with Crippen molar-refractivity contribution in [3.05, 3.63) is 69.3 Å². The van der Waals surface area contributed by atoms with Crippen LogP contribution in [0.1, 0.15) is 21.6 Å². The Morgan fingerprint density at radius 3 is 2.26 bits per heavy atom. The molecule has 0 aliphatic carbocycles. The first-order chi connectivity index (χ1) is 14.7. The van der Waals surface area contributed by atoms with E-state index in [-0.39, 0.29) is 47.0 Å². The van der Waals surface area contributed by atoms with Crippen molar-refractivity contribution in [2.75, 3.05) is 26.2 Å². The number of halogens is 2. The molecule has 4 rings (SSSR count). The van der Waals surface area contributed by atoms with Gasteiger partial charge in [-0.15, -0.1) is 0 Å². The third kappa shape index (κ3) is 4.15. The van der Waals surface area contributed by atoms with Crippen LogP contribution in [0.5, 0.6) is 0 Å². The maximum atomic E-state index is 13.3. The summed E-state index contributed by atoms with van der Waals surface area (Å²) in [7, 11) is -3.86. The van der Waals surface area contributed by atoms with Crippen LogP contribution in [0.2, 0.25) is 10.0 Å². The molecule has 0 spiro atoms. The molecule has 2 aromatic carbocycles. The SMILES string of the molecule is Cc1ccc2nc(C)cc(C(=O)N3CCN(S(=O)(=O)c4c(Cl)cccc4Cl)CC3)c2c1. The van der Waals surface area contributed by atoms with Crippen LogP contribution in [0.15, 0.2) is 47.4 Å². The number of hydrogen-bond acceptors (Lipinski definition) is 4. The Bertz CT molecular complexity index is 1270. The van der Waals surface area contributed by atoms with Crippen molar-refractivity contribution in [2.45, 2.75) is 18.7 Å². The number of fused-ring (bicyclic) bond motifs is 1. The van der Waals surface area contributed by atoms with E-state index >= 15 is 0 Å². The highest BCUT2D eigenvalue weighted by Crippen LogP contribution is 2.32. The minimum absolute atomic E-state index is 0.0834. The van der Waals surface area contributed by atoms with Gasteiger partial charge in [0.1, 0.15) is 4.90 Å². The highest BCUT2D eigenvalue weighted by molar-refractivity contribution is 7.89. The van der Waals surface area contributed by atoms with Crippen molar-refractivity contribution in [3.8, 4) is 0 Å². The zero-order valence-electron chi connectivity index (χ0n) is 17.1. The van der Waals surface area contributed by atoms with E-state index in [9.17, 15) is 13.2 Å². The van der Waals surface area contributed by atoms with Crippen LogP contribution in [-0.2, 0) is 10.0 Å². The maximum Gasteiger partial charge on any atom is 0.254 e. The molecule has 1 fully saturated rings. The number of carbonyl (C=O) groups excluding carboxylic acids is 1. The first-order valence-corrected chi connectivity index (χ1v) is 12.0. The summed E-state index contributed by atoms with van der Waals surface area (Å²) >= 11 is 12.2. The zero-order chi connectivity index (χ0) is 22.3. The summed E-state index contributed by atoms with van der Waals surface area (Å²) in [5, 5.41) is 0.966. The zero-order valence-corrected chi connectivity index (χ0v) is 19.4. The number of nitrogens with zero attached hydrogens (tertiary/aromatic N) is 3. The summed E-state index contributed by atoms with van der Waals surface area (Å²) in [6, 6.07) is 12.2. The van der Waals surface area contributed by atoms with Crippen molar-refractivity contribution >= 4 is 50.0 Å². The third-order valence-corrected chi connectivity index (χ3v) is 8.22. The Morgan fingerprint density at radius 1 is 0.968 bits per heavy atom. The third-order valence-electron chi connectivity index (χ3n) is 5.37. The molecule has 2 heterocycles. The summed E-state index contributed by atoms with van der Waals surface area (Å²) in [4.78, 5) is 19.4. The number of aromatic nitrogens is 1. The predicted molar refractivity (Wildman–Crippen MR) is 122 cm³/mol. The van der Waals surface area contributed by atoms with Crippen molar-refractivity contribution in [2.24, 2.45) is 0 Å². The van der Waals surface area contributed by atoms with Crippen molar-refractivity contribution in [1.29, 1.82) is 0 Å². The highest BCUT2D eigenvalue weighted by atomic mass is 35.5. The lowest BCUT2D eigenvalue weighted by Gasteiger charge is -2.34. The molecule has 31 heavy (non-hydrogen) atoms. The molecular formula is C22H21Cl2N3O3S. The van der Waals surface area contributed by atoms with Crippen LogP contribution in [-0.4, -0.2) is 54.7 Å². The number of sulfonamides is 1. The van der Waals surface area contributed by atoms with Gasteiger partial charge in [-0.1, -0.05) is 40.9 Å². The standard InChI is InChI=1S/C22H21Cl2N3O3S/c1-14-6-7-20-16(12-14)17(13-15(2)25-20)22(28)26-8-10-27(11-9-26)31(29,30)21-18(23)4-3-5-19(21)24/h3-7,12-13H,8-11H2,1-2H3.